The Balaban J connectivity index is 2.80. The van der Waals surface area contributed by atoms with Crippen LogP contribution in [0.15, 0.2) is 18.2 Å². The minimum atomic E-state index is -1.44. The molecular formula is C12H20BNO3S. The Kier molecular flexibility index (Phi) is 6.56. The van der Waals surface area contributed by atoms with E-state index in [9.17, 15) is 10.0 Å². The van der Waals surface area contributed by atoms with Crippen LogP contribution < -0.4 is 10.2 Å². The molecule has 18 heavy (non-hydrogen) atoms. The van der Waals surface area contributed by atoms with Crippen LogP contribution in [0.1, 0.15) is 5.56 Å². The predicted octanol–water partition coefficient (Wildman–Crippen LogP) is 0.170. The molecule has 1 aromatic rings. The molecule has 0 saturated carbocycles. The Labute approximate surface area is 113 Å². The molecule has 0 aromatic heterocycles. The monoisotopic (exact) mass is 269 g/mol. The summed E-state index contributed by atoms with van der Waals surface area (Å²) >= 11 is 1.81. The van der Waals surface area contributed by atoms with Gasteiger partial charge in [-0.3, -0.25) is 0 Å². The standard InChI is InChI=1S/C12H20BNO3S/c1-14(6-7-18-3)9-10-8-11(13(15)16)4-5-12(10)17-2/h4-5,8,15-16H,6-7,9H2,1-3H3. The Hall–Kier alpha value is -0.685. The molecule has 0 aliphatic rings. The number of rotatable bonds is 7. The first-order valence-corrected chi connectivity index (χ1v) is 7.18. The number of hydrogen-bond donors (Lipinski definition) is 2. The molecule has 100 valence electrons. The molecule has 0 amide bonds. The summed E-state index contributed by atoms with van der Waals surface area (Å²) in [6.45, 7) is 1.71. The lowest BCUT2D eigenvalue weighted by atomic mass is 9.79. The van der Waals surface area contributed by atoms with Gasteiger partial charge in [-0.15, -0.1) is 0 Å². The van der Waals surface area contributed by atoms with E-state index in [4.69, 9.17) is 4.74 Å². The minimum Gasteiger partial charge on any atom is -0.496 e. The summed E-state index contributed by atoms with van der Waals surface area (Å²) in [5.41, 5.74) is 1.45. The molecule has 0 aliphatic heterocycles. The first-order valence-electron chi connectivity index (χ1n) is 5.79. The Bertz CT molecular complexity index is 376. The summed E-state index contributed by atoms with van der Waals surface area (Å²) in [7, 11) is 2.22. The summed E-state index contributed by atoms with van der Waals surface area (Å²) in [5, 5.41) is 18.4. The van der Waals surface area contributed by atoms with Gasteiger partial charge in [0.05, 0.1) is 7.11 Å². The Morgan fingerprint density at radius 1 is 1.39 bits per heavy atom. The summed E-state index contributed by atoms with van der Waals surface area (Å²) in [6.07, 6.45) is 2.08. The quantitative estimate of drug-likeness (QED) is 0.691. The van der Waals surface area contributed by atoms with Crippen molar-refractivity contribution in [3.05, 3.63) is 23.8 Å². The van der Waals surface area contributed by atoms with Gasteiger partial charge >= 0.3 is 7.12 Å². The molecule has 0 atom stereocenters. The molecule has 0 unspecified atom stereocenters. The van der Waals surface area contributed by atoms with Crippen molar-refractivity contribution in [3.63, 3.8) is 0 Å². The van der Waals surface area contributed by atoms with Crippen LogP contribution in [-0.2, 0) is 6.54 Å². The van der Waals surface area contributed by atoms with Gasteiger partial charge in [-0.05, 0) is 24.8 Å². The molecule has 4 nitrogen and oxygen atoms in total. The third-order valence-corrected chi connectivity index (χ3v) is 3.31. The lowest BCUT2D eigenvalue weighted by molar-refractivity contribution is 0.335. The van der Waals surface area contributed by atoms with Crippen molar-refractivity contribution in [1.29, 1.82) is 0 Å². The zero-order chi connectivity index (χ0) is 13.5. The van der Waals surface area contributed by atoms with Crippen LogP contribution >= 0.6 is 11.8 Å². The third kappa shape index (κ3) is 4.53. The highest BCUT2D eigenvalue weighted by Gasteiger charge is 2.14. The van der Waals surface area contributed by atoms with Crippen LogP contribution in [0, 0.1) is 0 Å². The summed E-state index contributed by atoms with van der Waals surface area (Å²) in [4.78, 5) is 2.18. The second-order valence-electron chi connectivity index (χ2n) is 4.18. The van der Waals surface area contributed by atoms with E-state index in [0.717, 1.165) is 30.2 Å². The number of ether oxygens (including phenoxy) is 1. The lowest BCUT2D eigenvalue weighted by Gasteiger charge is -2.18. The fourth-order valence-electron chi connectivity index (χ4n) is 1.70. The molecule has 0 radical (unpaired) electrons. The largest absolute Gasteiger partial charge is 0.496 e. The molecule has 0 aliphatic carbocycles. The zero-order valence-corrected chi connectivity index (χ0v) is 11.9. The van der Waals surface area contributed by atoms with Crippen molar-refractivity contribution in [1.82, 2.24) is 4.90 Å². The molecule has 0 saturated heterocycles. The van der Waals surface area contributed by atoms with Gasteiger partial charge < -0.3 is 19.7 Å². The Morgan fingerprint density at radius 3 is 2.67 bits per heavy atom. The van der Waals surface area contributed by atoms with Gasteiger partial charge in [0.25, 0.3) is 0 Å². The van der Waals surface area contributed by atoms with Crippen LogP contribution in [0.25, 0.3) is 0 Å². The molecule has 0 heterocycles. The van der Waals surface area contributed by atoms with E-state index >= 15 is 0 Å². The average Bonchev–Trinajstić information content (AvgIpc) is 2.36. The number of hydrogen-bond acceptors (Lipinski definition) is 5. The smallest absolute Gasteiger partial charge is 0.488 e. The lowest BCUT2D eigenvalue weighted by Crippen LogP contribution is -2.31. The summed E-state index contributed by atoms with van der Waals surface area (Å²) in [5.74, 6) is 1.84. The van der Waals surface area contributed by atoms with E-state index in [1.54, 1.807) is 37.1 Å². The SMILES string of the molecule is COc1ccc(B(O)O)cc1CN(C)CCSC. The van der Waals surface area contributed by atoms with Crippen LogP contribution in [0.5, 0.6) is 5.75 Å². The summed E-state index contributed by atoms with van der Waals surface area (Å²) < 4.78 is 5.29. The molecule has 1 aromatic carbocycles. The second-order valence-corrected chi connectivity index (χ2v) is 5.16. The van der Waals surface area contributed by atoms with Crippen LogP contribution in [0.4, 0.5) is 0 Å². The van der Waals surface area contributed by atoms with Gasteiger partial charge in [-0.1, -0.05) is 12.1 Å². The predicted molar refractivity (Wildman–Crippen MR) is 77.5 cm³/mol. The maximum Gasteiger partial charge on any atom is 0.488 e. The molecular weight excluding hydrogens is 249 g/mol. The highest BCUT2D eigenvalue weighted by atomic mass is 32.2. The number of nitrogens with zero attached hydrogens (tertiary/aromatic N) is 1. The first kappa shape index (κ1) is 15.4. The topological polar surface area (TPSA) is 52.9 Å². The number of methoxy groups -OCH3 is 1. The van der Waals surface area contributed by atoms with Gasteiger partial charge in [0.2, 0.25) is 0 Å². The van der Waals surface area contributed by atoms with Gasteiger partial charge in [-0.2, -0.15) is 11.8 Å². The van der Waals surface area contributed by atoms with E-state index in [1.807, 2.05) is 7.05 Å². The van der Waals surface area contributed by atoms with Gasteiger partial charge in [0.1, 0.15) is 5.75 Å². The van der Waals surface area contributed by atoms with Crippen molar-refractivity contribution < 1.29 is 14.8 Å². The van der Waals surface area contributed by atoms with E-state index in [0.29, 0.717) is 5.46 Å². The fourth-order valence-corrected chi connectivity index (χ4v) is 2.19. The van der Waals surface area contributed by atoms with Crippen molar-refractivity contribution >= 4 is 24.3 Å². The van der Waals surface area contributed by atoms with Gasteiger partial charge in [-0.25, -0.2) is 0 Å². The van der Waals surface area contributed by atoms with E-state index in [1.165, 1.54) is 0 Å². The normalized spacial score (nSPS) is 10.8. The highest BCUT2D eigenvalue weighted by molar-refractivity contribution is 7.98. The maximum atomic E-state index is 9.19. The first-order chi connectivity index (χ1) is 8.58. The van der Waals surface area contributed by atoms with Crippen LogP contribution in [0.2, 0.25) is 0 Å². The molecule has 6 heteroatoms. The molecule has 1 rings (SSSR count). The van der Waals surface area contributed by atoms with Gasteiger partial charge in [0, 0.05) is 24.4 Å². The maximum absolute atomic E-state index is 9.19. The number of benzene rings is 1. The fraction of sp³-hybridized carbons (Fsp3) is 0.500. The van der Waals surface area contributed by atoms with Crippen LogP contribution in [0.3, 0.4) is 0 Å². The van der Waals surface area contributed by atoms with Gasteiger partial charge in [0.15, 0.2) is 0 Å². The van der Waals surface area contributed by atoms with E-state index in [2.05, 4.69) is 11.2 Å². The van der Waals surface area contributed by atoms with Crippen molar-refractivity contribution in [2.24, 2.45) is 0 Å². The number of thioether (sulfide) groups is 1. The zero-order valence-electron chi connectivity index (χ0n) is 11.1. The molecule has 0 fully saturated rings. The molecule has 0 bridgehead atoms. The average molecular weight is 269 g/mol. The summed E-state index contributed by atoms with van der Waals surface area (Å²) in [6, 6.07) is 5.21. The molecule has 2 N–H and O–H groups in total. The highest BCUT2D eigenvalue weighted by Crippen LogP contribution is 2.18. The van der Waals surface area contributed by atoms with Crippen LogP contribution in [-0.4, -0.2) is 54.8 Å². The van der Waals surface area contributed by atoms with Crippen molar-refractivity contribution in [2.45, 2.75) is 6.54 Å². The van der Waals surface area contributed by atoms with Crippen molar-refractivity contribution in [3.8, 4) is 5.75 Å². The second kappa shape index (κ2) is 7.68. The van der Waals surface area contributed by atoms with E-state index < -0.39 is 7.12 Å². The minimum absolute atomic E-state index is 0.490. The molecule has 0 spiro atoms. The Morgan fingerprint density at radius 2 is 2.11 bits per heavy atom. The third-order valence-electron chi connectivity index (χ3n) is 2.72. The van der Waals surface area contributed by atoms with E-state index in [-0.39, 0.29) is 0 Å². The van der Waals surface area contributed by atoms with Crippen molar-refractivity contribution in [2.75, 3.05) is 32.7 Å².